The monoisotopic (exact) mass is 630 g/mol. The van der Waals surface area contributed by atoms with Gasteiger partial charge in [0.15, 0.2) is 0 Å². The Balaban J connectivity index is 1.47. The molecule has 2 saturated heterocycles. The van der Waals surface area contributed by atoms with Crippen LogP contribution >= 0.6 is 0 Å². The Morgan fingerprint density at radius 1 is 1.07 bits per heavy atom. The molecule has 0 unspecified atom stereocenters. The van der Waals surface area contributed by atoms with E-state index in [1.807, 2.05) is 6.07 Å². The minimum Gasteiger partial charge on any atom is -0.497 e. The first-order valence-electron chi connectivity index (χ1n) is 14.6. The van der Waals surface area contributed by atoms with Gasteiger partial charge >= 0.3 is 6.61 Å². The molecule has 2 aliphatic rings. The lowest BCUT2D eigenvalue weighted by molar-refractivity contribution is -0.118. The molecule has 9 nitrogen and oxygen atoms in total. The minimum atomic E-state index is -3.05. The van der Waals surface area contributed by atoms with E-state index in [0.29, 0.717) is 6.54 Å². The number of ether oxygens (including phenoxy) is 2. The average Bonchev–Trinajstić information content (AvgIpc) is 3.25. The lowest BCUT2D eigenvalue weighted by Gasteiger charge is -2.31. The van der Waals surface area contributed by atoms with Gasteiger partial charge in [0, 0.05) is 53.4 Å². The Kier molecular flexibility index (Phi) is 9.88. The van der Waals surface area contributed by atoms with Gasteiger partial charge in [-0.05, 0) is 69.3 Å². The normalized spacial score (nSPS) is 20.9. The summed E-state index contributed by atoms with van der Waals surface area (Å²) in [6, 6.07) is 9.93. The second kappa shape index (κ2) is 13.8. The Bertz CT molecular complexity index is 1490. The van der Waals surface area contributed by atoms with E-state index in [4.69, 9.17) is 9.72 Å². The number of amides is 2. The van der Waals surface area contributed by atoms with Gasteiger partial charge in [-0.25, -0.2) is 13.8 Å². The summed E-state index contributed by atoms with van der Waals surface area (Å²) in [6.07, 6.45) is 1.62. The number of methoxy groups -OCH3 is 1. The molecule has 2 N–H and O–H groups in total. The van der Waals surface area contributed by atoms with E-state index in [1.54, 1.807) is 19.1 Å². The maximum Gasteiger partial charge on any atom is 0.387 e. The van der Waals surface area contributed by atoms with Gasteiger partial charge in [0.1, 0.15) is 35.0 Å². The Hall–Kier alpha value is -4.23. The van der Waals surface area contributed by atoms with Crippen LogP contribution in [-0.4, -0.2) is 78.9 Å². The van der Waals surface area contributed by atoms with Crippen LogP contribution in [0.25, 0.3) is 0 Å². The number of carbonyl (C=O) groups is 2. The van der Waals surface area contributed by atoms with Crippen LogP contribution in [0.2, 0.25) is 0 Å². The number of carbonyl (C=O) groups excluding carboxylic acids is 2. The predicted molar refractivity (Wildman–Crippen MR) is 157 cm³/mol. The van der Waals surface area contributed by atoms with Gasteiger partial charge in [0.25, 0.3) is 11.8 Å². The molecular formula is C32H34F4N4O5. The SMILES string of the molecule is COc1cc(F)c([C@H]2[C@H](NC(=O)c3ccc(OC(F)F)cc3)C(=O)N(c3cccc(C4CCN(CCO)CC4)n3)[C@H]2C)c(F)c1. The van der Waals surface area contributed by atoms with Crippen molar-refractivity contribution in [2.75, 3.05) is 38.3 Å². The topological polar surface area (TPSA) is 104 Å². The van der Waals surface area contributed by atoms with Crippen molar-refractivity contribution in [2.45, 2.75) is 50.3 Å². The van der Waals surface area contributed by atoms with E-state index < -0.39 is 53.6 Å². The molecule has 0 radical (unpaired) electrons. The molecule has 5 rings (SSSR count). The number of hydrogen-bond acceptors (Lipinski definition) is 7. The summed E-state index contributed by atoms with van der Waals surface area (Å²) in [5.74, 6) is -4.22. The molecule has 3 heterocycles. The molecule has 2 aliphatic heterocycles. The number of anilines is 1. The van der Waals surface area contributed by atoms with Gasteiger partial charge in [-0.2, -0.15) is 8.78 Å². The highest BCUT2D eigenvalue weighted by molar-refractivity contribution is 6.05. The van der Waals surface area contributed by atoms with E-state index in [-0.39, 0.29) is 35.4 Å². The zero-order valence-corrected chi connectivity index (χ0v) is 24.8. The molecular weight excluding hydrogens is 596 g/mol. The third-order valence-electron chi connectivity index (χ3n) is 8.46. The fourth-order valence-electron chi connectivity index (χ4n) is 6.23. The van der Waals surface area contributed by atoms with E-state index in [2.05, 4.69) is 15.0 Å². The Labute approximate surface area is 257 Å². The fourth-order valence-corrected chi connectivity index (χ4v) is 6.23. The quantitative estimate of drug-likeness (QED) is 0.319. The van der Waals surface area contributed by atoms with E-state index in [1.165, 1.54) is 36.3 Å². The van der Waals surface area contributed by atoms with Crippen LogP contribution in [0, 0.1) is 11.6 Å². The maximum absolute atomic E-state index is 15.5. The van der Waals surface area contributed by atoms with Crippen molar-refractivity contribution in [3.8, 4) is 11.5 Å². The van der Waals surface area contributed by atoms with Crippen LogP contribution in [0.4, 0.5) is 23.4 Å². The van der Waals surface area contributed by atoms with Gasteiger partial charge in [-0.3, -0.25) is 14.5 Å². The number of aromatic nitrogens is 1. The molecule has 45 heavy (non-hydrogen) atoms. The van der Waals surface area contributed by atoms with Crippen molar-refractivity contribution in [3.05, 3.63) is 83.1 Å². The van der Waals surface area contributed by atoms with Gasteiger partial charge in [0.2, 0.25) is 0 Å². The zero-order chi connectivity index (χ0) is 32.2. The number of alkyl halides is 2. The van der Waals surface area contributed by atoms with Crippen LogP contribution in [-0.2, 0) is 4.79 Å². The summed E-state index contributed by atoms with van der Waals surface area (Å²) in [6.45, 7) is 0.848. The first kappa shape index (κ1) is 32.2. The molecule has 3 aromatic rings. The fraction of sp³-hybridized carbons (Fsp3) is 0.406. The van der Waals surface area contributed by atoms with Crippen molar-refractivity contribution in [3.63, 3.8) is 0 Å². The number of β-amino-alcohol motifs (C(OH)–C–C–N with tert-alkyl or cyclic N) is 1. The highest BCUT2D eigenvalue weighted by Crippen LogP contribution is 2.41. The van der Waals surface area contributed by atoms with Gasteiger partial charge < -0.3 is 24.8 Å². The molecule has 0 spiro atoms. The van der Waals surface area contributed by atoms with Crippen molar-refractivity contribution >= 4 is 17.6 Å². The van der Waals surface area contributed by atoms with Crippen LogP contribution in [0.5, 0.6) is 11.5 Å². The summed E-state index contributed by atoms with van der Waals surface area (Å²) in [5.41, 5.74) is 0.406. The second-order valence-corrected chi connectivity index (χ2v) is 11.1. The van der Waals surface area contributed by atoms with Crippen molar-refractivity contribution < 1.29 is 41.7 Å². The molecule has 0 aliphatic carbocycles. The lowest BCUT2D eigenvalue weighted by Crippen LogP contribution is -2.44. The summed E-state index contributed by atoms with van der Waals surface area (Å²) in [4.78, 5) is 35.7. The van der Waals surface area contributed by atoms with Crippen LogP contribution in [0.3, 0.4) is 0 Å². The molecule has 2 aromatic carbocycles. The number of rotatable bonds is 10. The first-order valence-corrected chi connectivity index (χ1v) is 14.6. The number of hydrogen-bond donors (Lipinski definition) is 2. The lowest BCUT2D eigenvalue weighted by atomic mass is 9.87. The smallest absolute Gasteiger partial charge is 0.387 e. The van der Waals surface area contributed by atoms with Gasteiger partial charge in [-0.15, -0.1) is 0 Å². The van der Waals surface area contributed by atoms with Crippen molar-refractivity contribution in [2.24, 2.45) is 0 Å². The van der Waals surface area contributed by atoms with E-state index >= 15 is 8.78 Å². The number of nitrogens with zero attached hydrogens (tertiary/aromatic N) is 3. The van der Waals surface area contributed by atoms with Gasteiger partial charge in [0.05, 0.1) is 13.7 Å². The van der Waals surface area contributed by atoms with E-state index in [9.17, 15) is 23.5 Å². The first-order chi connectivity index (χ1) is 21.6. The third kappa shape index (κ3) is 6.89. The molecule has 1 aromatic heterocycles. The van der Waals surface area contributed by atoms with Crippen LogP contribution in [0.15, 0.2) is 54.6 Å². The standard InChI is InChI=1S/C32H34F4N4O5/c1-18-27(28-23(33)16-22(44-2)17-24(28)34)29(38-30(42)20-6-8-21(9-7-20)45-32(35)36)31(43)40(18)26-5-3-4-25(37-26)19-10-12-39(13-11-19)14-15-41/h3-9,16-19,27,29,32,41H,10-15H2,1-2H3,(H,38,42)/t18-,27-,29-/m0/s1. The summed E-state index contributed by atoms with van der Waals surface area (Å²) < 4.78 is 65.4. The number of benzene rings is 2. The number of aliphatic hydroxyl groups is 1. The molecule has 2 fully saturated rings. The van der Waals surface area contributed by atoms with Crippen molar-refractivity contribution in [1.82, 2.24) is 15.2 Å². The molecule has 2 amide bonds. The highest BCUT2D eigenvalue weighted by Gasteiger charge is 2.50. The zero-order valence-electron chi connectivity index (χ0n) is 24.8. The number of nitrogens with one attached hydrogen (secondary N) is 1. The molecule has 0 saturated carbocycles. The van der Waals surface area contributed by atoms with Crippen molar-refractivity contribution in [1.29, 1.82) is 0 Å². The largest absolute Gasteiger partial charge is 0.497 e. The third-order valence-corrected chi connectivity index (χ3v) is 8.46. The van der Waals surface area contributed by atoms with Crippen LogP contribution in [0.1, 0.15) is 53.2 Å². The maximum atomic E-state index is 15.5. The number of halogens is 4. The minimum absolute atomic E-state index is 0.0256. The molecule has 13 heteroatoms. The Morgan fingerprint density at radius 2 is 1.73 bits per heavy atom. The molecule has 0 bridgehead atoms. The predicted octanol–water partition coefficient (Wildman–Crippen LogP) is 4.46. The number of pyridine rings is 1. The second-order valence-electron chi connectivity index (χ2n) is 11.1. The average molecular weight is 631 g/mol. The number of likely N-dealkylation sites (tertiary alicyclic amines) is 1. The molecule has 240 valence electrons. The highest BCUT2D eigenvalue weighted by atomic mass is 19.3. The number of aliphatic hydroxyl groups excluding tert-OH is 1. The Morgan fingerprint density at radius 3 is 2.33 bits per heavy atom. The molecule has 3 atom stereocenters. The summed E-state index contributed by atoms with van der Waals surface area (Å²) >= 11 is 0. The summed E-state index contributed by atoms with van der Waals surface area (Å²) in [5, 5.41) is 11.9. The van der Waals surface area contributed by atoms with E-state index in [0.717, 1.165) is 43.8 Å². The van der Waals surface area contributed by atoms with Gasteiger partial charge in [-0.1, -0.05) is 6.07 Å². The number of piperidine rings is 1. The summed E-state index contributed by atoms with van der Waals surface area (Å²) in [7, 11) is 1.27. The van der Waals surface area contributed by atoms with Crippen LogP contribution < -0.4 is 19.7 Å².